The number of benzene rings is 1. The zero-order chi connectivity index (χ0) is 12.3. The molecule has 0 radical (unpaired) electrons. The van der Waals surface area contributed by atoms with Crippen LogP contribution in [0.3, 0.4) is 0 Å². The molecule has 88 valence electrons. The Morgan fingerprint density at radius 3 is 2.59 bits per heavy atom. The zero-order valence-corrected chi connectivity index (χ0v) is 11.7. The van der Waals surface area contributed by atoms with Crippen LogP contribution in [0.2, 0.25) is 0 Å². The molecule has 0 unspecified atom stereocenters. The molecule has 0 amide bonds. The van der Waals surface area contributed by atoms with Crippen LogP contribution in [0.5, 0.6) is 5.75 Å². The third-order valence-electron chi connectivity index (χ3n) is 2.22. The first-order chi connectivity index (χ1) is 8.20. The fourth-order valence-electron chi connectivity index (χ4n) is 1.44. The predicted molar refractivity (Wildman–Crippen MR) is 73.1 cm³/mol. The van der Waals surface area contributed by atoms with Crippen LogP contribution in [0, 0.1) is 0 Å². The lowest BCUT2D eigenvalue weighted by Crippen LogP contribution is -1.98. The van der Waals surface area contributed by atoms with Crippen molar-refractivity contribution in [2.75, 3.05) is 6.61 Å². The van der Waals surface area contributed by atoms with Crippen LogP contribution in [0.15, 0.2) is 40.2 Å². The molecule has 0 aliphatic rings. The van der Waals surface area contributed by atoms with Crippen LogP contribution in [0.4, 0.5) is 0 Å². The Kier molecular flexibility index (Phi) is 3.97. The molecule has 1 aromatic heterocycles. The summed E-state index contributed by atoms with van der Waals surface area (Å²) in [5.74, 6) is 0.833. The standard InChI is InChI=1S/C13H11BrO2S/c1-2-16-11-5-3-9(4-6-11)13(15)12-7-10(14)8-17-12/h3-8H,2H2,1H3. The van der Waals surface area contributed by atoms with Gasteiger partial charge < -0.3 is 4.74 Å². The van der Waals surface area contributed by atoms with Crippen LogP contribution in [-0.2, 0) is 0 Å². The average molecular weight is 311 g/mol. The van der Waals surface area contributed by atoms with Gasteiger partial charge in [-0.05, 0) is 53.2 Å². The molecule has 0 aliphatic carbocycles. The molecule has 1 heterocycles. The number of carbonyl (C=O) groups is 1. The quantitative estimate of drug-likeness (QED) is 0.793. The van der Waals surface area contributed by atoms with E-state index in [1.54, 1.807) is 12.1 Å². The first-order valence-electron chi connectivity index (χ1n) is 5.22. The van der Waals surface area contributed by atoms with E-state index in [1.807, 2.05) is 30.5 Å². The summed E-state index contributed by atoms with van der Waals surface area (Å²) in [6.45, 7) is 2.56. The second-order valence-corrected chi connectivity index (χ2v) is 5.24. The highest BCUT2D eigenvalue weighted by molar-refractivity contribution is 9.10. The van der Waals surface area contributed by atoms with Crippen molar-refractivity contribution in [2.24, 2.45) is 0 Å². The Hall–Kier alpha value is -1.13. The molecule has 0 saturated heterocycles. The summed E-state index contributed by atoms with van der Waals surface area (Å²) >= 11 is 4.78. The molecule has 0 aliphatic heterocycles. The molecule has 0 N–H and O–H groups in total. The van der Waals surface area contributed by atoms with E-state index in [9.17, 15) is 4.79 Å². The molecule has 0 saturated carbocycles. The van der Waals surface area contributed by atoms with Crippen LogP contribution >= 0.6 is 27.3 Å². The number of ether oxygens (including phenoxy) is 1. The highest BCUT2D eigenvalue weighted by Gasteiger charge is 2.11. The summed E-state index contributed by atoms with van der Waals surface area (Å²) in [5, 5.41) is 1.90. The van der Waals surface area contributed by atoms with Crippen molar-refractivity contribution in [1.29, 1.82) is 0 Å². The molecule has 0 spiro atoms. The van der Waals surface area contributed by atoms with Crippen LogP contribution in [-0.4, -0.2) is 12.4 Å². The maximum absolute atomic E-state index is 12.1. The van der Waals surface area contributed by atoms with E-state index in [2.05, 4.69) is 15.9 Å². The van der Waals surface area contributed by atoms with Crippen molar-refractivity contribution in [2.45, 2.75) is 6.92 Å². The van der Waals surface area contributed by atoms with Gasteiger partial charge in [-0.3, -0.25) is 4.79 Å². The summed E-state index contributed by atoms with van der Waals surface area (Å²) in [5.41, 5.74) is 0.683. The maximum atomic E-state index is 12.1. The number of rotatable bonds is 4. The molecular formula is C13H11BrO2S. The summed E-state index contributed by atoms with van der Waals surface area (Å²) in [4.78, 5) is 12.8. The lowest BCUT2D eigenvalue weighted by molar-refractivity contribution is 0.104. The Balaban J connectivity index is 2.20. The van der Waals surface area contributed by atoms with E-state index >= 15 is 0 Å². The minimum Gasteiger partial charge on any atom is -0.494 e. The van der Waals surface area contributed by atoms with E-state index in [4.69, 9.17) is 4.74 Å². The number of ketones is 1. The monoisotopic (exact) mass is 310 g/mol. The number of carbonyl (C=O) groups excluding carboxylic acids is 1. The van der Waals surface area contributed by atoms with Crippen molar-refractivity contribution in [3.8, 4) is 5.75 Å². The molecule has 0 fully saturated rings. The summed E-state index contributed by atoms with van der Waals surface area (Å²) < 4.78 is 6.28. The lowest BCUT2D eigenvalue weighted by atomic mass is 10.1. The maximum Gasteiger partial charge on any atom is 0.202 e. The minimum atomic E-state index is 0.0451. The molecule has 4 heteroatoms. The van der Waals surface area contributed by atoms with Gasteiger partial charge in [0.1, 0.15) is 5.75 Å². The number of hydrogen-bond acceptors (Lipinski definition) is 3. The molecule has 1 aromatic carbocycles. The highest BCUT2D eigenvalue weighted by atomic mass is 79.9. The van der Waals surface area contributed by atoms with Gasteiger partial charge in [0.2, 0.25) is 5.78 Å². The second kappa shape index (κ2) is 5.47. The Bertz CT molecular complexity index is 516. The van der Waals surface area contributed by atoms with Crippen molar-refractivity contribution in [3.05, 3.63) is 50.6 Å². The van der Waals surface area contributed by atoms with Crippen molar-refractivity contribution < 1.29 is 9.53 Å². The van der Waals surface area contributed by atoms with E-state index in [0.717, 1.165) is 15.1 Å². The zero-order valence-electron chi connectivity index (χ0n) is 9.27. The number of hydrogen-bond donors (Lipinski definition) is 0. The molecule has 0 bridgehead atoms. The Morgan fingerprint density at radius 2 is 2.06 bits per heavy atom. The number of halogens is 1. The van der Waals surface area contributed by atoms with Crippen molar-refractivity contribution in [1.82, 2.24) is 0 Å². The van der Waals surface area contributed by atoms with Crippen molar-refractivity contribution >= 4 is 33.0 Å². The van der Waals surface area contributed by atoms with Crippen molar-refractivity contribution in [3.63, 3.8) is 0 Å². The average Bonchev–Trinajstić information content (AvgIpc) is 2.76. The normalized spacial score (nSPS) is 10.2. The second-order valence-electron chi connectivity index (χ2n) is 3.42. The van der Waals surface area contributed by atoms with Gasteiger partial charge in [-0.2, -0.15) is 0 Å². The van der Waals surface area contributed by atoms with E-state index in [-0.39, 0.29) is 5.78 Å². The van der Waals surface area contributed by atoms with Crippen LogP contribution in [0.1, 0.15) is 22.2 Å². The molecule has 17 heavy (non-hydrogen) atoms. The van der Waals surface area contributed by atoms with Gasteiger partial charge in [0.15, 0.2) is 0 Å². The summed E-state index contributed by atoms with van der Waals surface area (Å²) in [7, 11) is 0. The number of thiophene rings is 1. The Morgan fingerprint density at radius 1 is 1.35 bits per heavy atom. The first-order valence-corrected chi connectivity index (χ1v) is 6.89. The summed E-state index contributed by atoms with van der Waals surface area (Å²) in [6, 6.07) is 9.06. The minimum absolute atomic E-state index is 0.0451. The third kappa shape index (κ3) is 2.96. The van der Waals surface area contributed by atoms with Crippen LogP contribution < -0.4 is 4.74 Å². The summed E-state index contributed by atoms with van der Waals surface area (Å²) in [6.07, 6.45) is 0. The SMILES string of the molecule is CCOc1ccc(C(=O)c2cc(Br)cs2)cc1. The van der Waals surface area contributed by atoms with E-state index < -0.39 is 0 Å². The molecule has 2 aromatic rings. The van der Waals surface area contributed by atoms with Gasteiger partial charge in [0.25, 0.3) is 0 Å². The van der Waals surface area contributed by atoms with Gasteiger partial charge in [-0.25, -0.2) is 0 Å². The third-order valence-corrected chi connectivity index (χ3v) is 3.91. The molecule has 2 nitrogen and oxygen atoms in total. The first kappa shape index (κ1) is 12.3. The van der Waals surface area contributed by atoms with Gasteiger partial charge in [-0.15, -0.1) is 11.3 Å². The van der Waals surface area contributed by atoms with Gasteiger partial charge in [-0.1, -0.05) is 0 Å². The lowest BCUT2D eigenvalue weighted by Gasteiger charge is -2.03. The Labute approximate surface area is 112 Å². The van der Waals surface area contributed by atoms with Crippen LogP contribution in [0.25, 0.3) is 0 Å². The predicted octanol–water partition coefficient (Wildman–Crippen LogP) is 4.14. The largest absolute Gasteiger partial charge is 0.494 e. The molecule has 2 rings (SSSR count). The van der Waals surface area contributed by atoms with E-state index in [1.165, 1.54) is 11.3 Å². The highest BCUT2D eigenvalue weighted by Crippen LogP contribution is 2.23. The fourth-order valence-corrected chi connectivity index (χ4v) is 2.83. The fraction of sp³-hybridized carbons (Fsp3) is 0.154. The van der Waals surface area contributed by atoms with Gasteiger partial charge in [0, 0.05) is 15.4 Å². The molecular weight excluding hydrogens is 300 g/mol. The topological polar surface area (TPSA) is 26.3 Å². The molecule has 0 atom stereocenters. The smallest absolute Gasteiger partial charge is 0.202 e. The van der Waals surface area contributed by atoms with Gasteiger partial charge in [0.05, 0.1) is 11.5 Å². The van der Waals surface area contributed by atoms with Gasteiger partial charge >= 0.3 is 0 Å². The van der Waals surface area contributed by atoms with E-state index in [0.29, 0.717) is 12.2 Å².